The van der Waals surface area contributed by atoms with Gasteiger partial charge in [0.15, 0.2) is 0 Å². The van der Waals surface area contributed by atoms with Crippen LogP contribution in [0, 0.1) is 0 Å². The fraction of sp³-hybridized carbons (Fsp3) is 0.524. The largest absolute Gasteiger partial charge is 0.489 e. The summed E-state index contributed by atoms with van der Waals surface area (Å²) >= 11 is 0. The number of ether oxygens (including phenoxy) is 2. The molecule has 0 aromatic heterocycles. The van der Waals surface area contributed by atoms with Crippen LogP contribution in [0.3, 0.4) is 0 Å². The van der Waals surface area contributed by atoms with Gasteiger partial charge in [0.25, 0.3) is 0 Å². The molecule has 4 N–H and O–H groups in total. The van der Waals surface area contributed by atoms with E-state index >= 15 is 0 Å². The molecule has 1 heterocycles. The summed E-state index contributed by atoms with van der Waals surface area (Å²) in [6, 6.07) is 6.12. The zero-order valence-corrected chi connectivity index (χ0v) is 17.1. The quantitative estimate of drug-likeness (QED) is 0.263. The molecule has 9 heteroatoms. The van der Waals surface area contributed by atoms with Crippen molar-refractivity contribution >= 4 is 23.5 Å². The molecule has 0 unspecified atom stereocenters. The summed E-state index contributed by atoms with van der Waals surface area (Å²) in [5.74, 6) is 0.661. The fourth-order valence-electron chi connectivity index (χ4n) is 3.28. The summed E-state index contributed by atoms with van der Waals surface area (Å²) in [5.41, 5.74) is 6.11. The maximum absolute atomic E-state index is 13.1. The van der Waals surface area contributed by atoms with Crippen molar-refractivity contribution in [2.75, 3.05) is 24.7 Å². The summed E-state index contributed by atoms with van der Waals surface area (Å²) in [5, 5.41) is 12.4. The molecule has 164 valence electrons. The lowest BCUT2D eigenvalue weighted by Gasteiger charge is -2.27. The molecular formula is C21H29N3O6. The smallest absolute Gasteiger partial charge is 0.323 e. The predicted octanol–water partition coefficient (Wildman–Crippen LogP) is 1.44. The first kappa shape index (κ1) is 23.4. The lowest BCUT2D eigenvalue weighted by molar-refractivity contribution is -0.137. The van der Waals surface area contributed by atoms with Gasteiger partial charge in [-0.05, 0) is 44.7 Å². The molecule has 0 saturated carbocycles. The van der Waals surface area contributed by atoms with Crippen LogP contribution in [0.2, 0.25) is 0 Å². The Labute approximate surface area is 175 Å². The number of anilines is 1. The van der Waals surface area contributed by atoms with E-state index in [1.54, 1.807) is 30.2 Å². The Balaban J connectivity index is 2.02. The van der Waals surface area contributed by atoms with Crippen LogP contribution in [0.1, 0.15) is 39.0 Å². The Hall–Kier alpha value is -2.87. The van der Waals surface area contributed by atoms with Gasteiger partial charge in [-0.25, -0.2) is 4.79 Å². The van der Waals surface area contributed by atoms with E-state index in [0.717, 1.165) is 19.3 Å². The van der Waals surface area contributed by atoms with Crippen LogP contribution < -0.4 is 20.7 Å². The highest BCUT2D eigenvalue weighted by Gasteiger charge is 2.33. The number of amides is 1. The molecule has 1 aliphatic rings. The Morgan fingerprint density at radius 2 is 2.17 bits per heavy atom. The average molecular weight is 419 g/mol. The minimum Gasteiger partial charge on any atom is -0.489 e. The molecule has 9 nitrogen and oxygen atoms in total. The molecule has 0 fully saturated rings. The Bertz CT molecular complexity index is 778. The maximum Gasteiger partial charge on any atom is 0.323 e. The van der Waals surface area contributed by atoms with E-state index in [1.165, 1.54) is 4.90 Å². The highest BCUT2D eigenvalue weighted by molar-refractivity contribution is 6.02. The van der Waals surface area contributed by atoms with Crippen LogP contribution in [0.4, 0.5) is 5.69 Å². The molecular weight excluding hydrogens is 390 g/mol. The molecule has 2 atom stereocenters. The van der Waals surface area contributed by atoms with Gasteiger partial charge in [-0.1, -0.05) is 18.6 Å². The number of hydrogen-bond donors (Lipinski definition) is 3. The normalized spacial score (nSPS) is 16.8. The van der Waals surface area contributed by atoms with Gasteiger partial charge in [0, 0.05) is 6.61 Å². The predicted molar refractivity (Wildman–Crippen MR) is 111 cm³/mol. The number of carboxylic acids is 1. The van der Waals surface area contributed by atoms with Crippen LogP contribution >= 0.6 is 0 Å². The van der Waals surface area contributed by atoms with E-state index in [4.69, 9.17) is 15.2 Å². The second-order valence-electron chi connectivity index (χ2n) is 6.99. The molecule has 0 spiro atoms. The number of carboxylic acid groups (broad SMARTS) is 1. The first-order chi connectivity index (χ1) is 14.5. The van der Waals surface area contributed by atoms with Gasteiger partial charge >= 0.3 is 5.97 Å². The number of allylic oxidation sites excluding steroid dienone is 1. The topological polar surface area (TPSA) is 131 Å². The highest BCUT2D eigenvalue weighted by Crippen LogP contribution is 2.31. The van der Waals surface area contributed by atoms with Crippen molar-refractivity contribution in [1.29, 1.82) is 0 Å². The fourth-order valence-corrected chi connectivity index (χ4v) is 3.28. The zero-order chi connectivity index (χ0) is 21.9. The first-order valence-corrected chi connectivity index (χ1v) is 10.1. The monoisotopic (exact) mass is 419 g/mol. The second kappa shape index (κ2) is 12.0. The molecule has 30 heavy (non-hydrogen) atoms. The molecule has 0 bridgehead atoms. The van der Waals surface area contributed by atoms with Crippen LogP contribution in [-0.2, 0) is 19.1 Å². The molecule has 0 saturated heterocycles. The standard InChI is InChI=1S/C21H29N3O6/c1-2-29-19(11-5-3-4-8-15(22)13-25)23-16-14-30-18-10-7-6-9-17(18)24(21(16)28)12-20(26)27/h6-7,9-10,16,19,23H,2-5,8,11-12,14,22H2,1H3,(H,26,27)/t16-,19-/m0/s1. The van der Waals surface area contributed by atoms with Gasteiger partial charge in [0.2, 0.25) is 5.91 Å². The van der Waals surface area contributed by atoms with E-state index < -0.39 is 18.6 Å². The molecule has 1 aliphatic heterocycles. The van der Waals surface area contributed by atoms with Crippen molar-refractivity contribution < 1.29 is 29.0 Å². The molecule has 2 rings (SSSR count). The first-order valence-electron chi connectivity index (χ1n) is 10.1. The number of benzene rings is 1. The van der Waals surface area contributed by atoms with Crippen LogP contribution in [0.5, 0.6) is 5.75 Å². The average Bonchev–Trinajstić information content (AvgIpc) is 2.85. The third-order valence-electron chi connectivity index (χ3n) is 4.72. The van der Waals surface area contributed by atoms with E-state index in [9.17, 15) is 19.5 Å². The molecule has 0 aliphatic carbocycles. The van der Waals surface area contributed by atoms with Crippen LogP contribution in [0.25, 0.3) is 0 Å². The zero-order valence-electron chi connectivity index (χ0n) is 17.1. The van der Waals surface area contributed by atoms with Crippen molar-refractivity contribution in [1.82, 2.24) is 5.32 Å². The van der Waals surface area contributed by atoms with Crippen molar-refractivity contribution in [3.63, 3.8) is 0 Å². The number of nitrogens with two attached hydrogens (primary N) is 1. The third kappa shape index (κ3) is 6.88. The molecule has 1 aromatic rings. The van der Waals surface area contributed by atoms with Gasteiger partial charge in [-0.15, -0.1) is 0 Å². The summed E-state index contributed by atoms with van der Waals surface area (Å²) in [6.07, 6.45) is 3.19. The third-order valence-corrected chi connectivity index (χ3v) is 4.72. The van der Waals surface area contributed by atoms with Crippen LogP contribution in [0.15, 0.2) is 30.0 Å². The number of rotatable bonds is 12. The molecule has 1 amide bonds. The molecule has 1 aromatic carbocycles. The summed E-state index contributed by atoms with van der Waals surface area (Å²) in [7, 11) is 0. The number of nitrogens with zero attached hydrogens (tertiary/aromatic N) is 1. The van der Waals surface area contributed by atoms with Gasteiger partial charge in [-0.3, -0.25) is 19.8 Å². The van der Waals surface area contributed by atoms with E-state index in [2.05, 4.69) is 5.32 Å². The Kier molecular flexibility index (Phi) is 9.34. The Morgan fingerprint density at radius 1 is 1.40 bits per heavy atom. The minimum absolute atomic E-state index is 0.0657. The number of carbonyl (C=O) groups excluding carboxylic acids is 2. The van der Waals surface area contributed by atoms with Crippen LogP contribution in [-0.4, -0.2) is 55.0 Å². The number of hydrogen-bond acceptors (Lipinski definition) is 7. The van der Waals surface area contributed by atoms with Crippen molar-refractivity contribution in [3.8, 4) is 5.75 Å². The van der Waals surface area contributed by atoms with E-state index in [1.807, 2.05) is 6.92 Å². The van der Waals surface area contributed by atoms with E-state index in [-0.39, 0.29) is 24.4 Å². The highest BCUT2D eigenvalue weighted by atomic mass is 16.5. The minimum atomic E-state index is -1.11. The number of fused-ring (bicyclic) bond motifs is 1. The summed E-state index contributed by atoms with van der Waals surface area (Å²) < 4.78 is 11.5. The van der Waals surface area contributed by atoms with Gasteiger partial charge in [0.05, 0.1) is 11.4 Å². The van der Waals surface area contributed by atoms with Gasteiger partial charge in [-0.2, -0.15) is 0 Å². The lowest BCUT2D eigenvalue weighted by atomic mass is 10.1. The number of para-hydroxylation sites is 2. The summed E-state index contributed by atoms with van der Waals surface area (Å²) in [4.78, 5) is 36.0. The van der Waals surface area contributed by atoms with Crippen molar-refractivity contribution in [2.45, 2.75) is 51.3 Å². The van der Waals surface area contributed by atoms with Crippen molar-refractivity contribution in [3.05, 3.63) is 30.0 Å². The van der Waals surface area contributed by atoms with E-state index in [0.29, 0.717) is 30.9 Å². The van der Waals surface area contributed by atoms with Gasteiger partial charge < -0.3 is 20.3 Å². The van der Waals surface area contributed by atoms with Gasteiger partial charge in [0.1, 0.15) is 37.1 Å². The maximum atomic E-state index is 13.1. The number of nitrogens with one attached hydrogen (secondary N) is 1. The van der Waals surface area contributed by atoms with Crippen molar-refractivity contribution in [2.24, 2.45) is 5.73 Å². The summed E-state index contributed by atoms with van der Waals surface area (Å²) in [6.45, 7) is 1.93. The molecule has 0 radical (unpaired) electrons. The number of aliphatic carboxylic acids is 1. The SMILES string of the molecule is CCO[C@@H](CCCCCC(N)=C=O)N[C@H]1COc2ccccc2N(CC(=O)O)C1=O. The Morgan fingerprint density at radius 3 is 2.87 bits per heavy atom. The number of unbranched alkanes of at least 4 members (excludes halogenated alkanes) is 2. The number of carbonyl (C=O) groups is 2. The second-order valence-corrected chi connectivity index (χ2v) is 6.99. The lowest BCUT2D eigenvalue weighted by Crippen LogP contribution is -2.53.